The van der Waals surface area contributed by atoms with Crippen LogP contribution in [0, 0.1) is 0 Å². The van der Waals surface area contributed by atoms with Crippen molar-refractivity contribution in [1.29, 1.82) is 0 Å². The number of hydrogen-bond donors (Lipinski definition) is 1. The third kappa shape index (κ3) is 3.84. The minimum atomic E-state index is -2.44. The molecule has 0 aliphatic carbocycles. The van der Waals surface area contributed by atoms with Gasteiger partial charge in [0.2, 0.25) is 0 Å². The van der Waals surface area contributed by atoms with Gasteiger partial charge < -0.3 is 4.89 Å². The molecule has 0 aliphatic heterocycles. The van der Waals surface area contributed by atoms with Crippen molar-refractivity contribution >= 4 is 38.4 Å². The first-order valence-corrected chi connectivity index (χ1v) is 8.55. The second-order valence-electron chi connectivity index (χ2n) is 1.49. The van der Waals surface area contributed by atoms with Gasteiger partial charge in [0.25, 0.3) is 0 Å². The summed E-state index contributed by atoms with van der Waals surface area (Å²) in [5, 5.41) is 0. The Bertz CT molecular complexity index is 120. The van der Waals surface area contributed by atoms with Crippen LogP contribution in [0.25, 0.3) is 0 Å². The molecule has 0 rings (SSSR count). The molecule has 9 heavy (non-hydrogen) atoms. The summed E-state index contributed by atoms with van der Waals surface area (Å²) in [7, 11) is -0.109. The van der Waals surface area contributed by atoms with Crippen LogP contribution in [0.15, 0.2) is 0 Å². The second-order valence-corrected chi connectivity index (χ2v) is 12.6. The maximum absolute atomic E-state index is 9.18. The van der Waals surface area contributed by atoms with Gasteiger partial charge in [-0.25, -0.2) is 0 Å². The van der Waals surface area contributed by atoms with Crippen LogP contribution in [0.4, 0.5) is 0 Å². The quantitative estimate of drug-likeness (QED) is 0.563. The Morgan fingerprint density at radius 3 is 1.89 bits per heavy atom. The fourth-order valence-corrected chi connectivity index (χ4v) is 7.13. The normalized spacial score (nSPS) is 17.9. The summed E-state index contributed by atoms with van der Waals surface area (Å²) in [6.45, 7) is 4.01. The maximum atomic E-state index is 9.18. The lowest BCUT2D eigenvalue weighted by Crippen LogP contribution is -2.04. The number of halogens is 1. The lowest BCUT2D eigenvalue weighted by molar-refractivity contribution is 0.652. The number of rotatable bonds is 3. The molecule has 0 bridgehead atoms. The smallest absolute Gasteiger partial charge is 0.316 e. The average molecular weight is 206 g/mol. The molecule has 0 aromatic heterocycles. The number of hydrogen-bond acceptors (Lipinski definition) is 1. The van der Waals surface area contributed by atoms with Crippen molar-refractivity contribution in [2.45, 2.75) is 13.8 Å². The predicted octanol–water partition coefficient (Wildman–Crippen LogP) is 2.10. The molecule has 0 spiro atoms. The highest BCUT2D eigenvalue weighted by atomic mass is 35.7. The van der Waals surface area contributed by atoms with E-state index < -0.39 is 4.82 Å². The Balaban J connectivity index is 3.96. The summed E-state index contributed by atoms with van der Waals surface area (Å²) in [5.41, 5.74) is 0. The molecule has 0 radical (unpaired) electrons. The summed E-state index contributed by atoms with van der Waals surface area (Å²) in [6, 6.07) is 0. The topological polar surface area (TPSA) is 20.2 Å². The summed E-state index contributed by atoms with van der Waals surface area (Å²) >= 11 is 10.3. The van der Waals surface area contributed by atoms with E-state index in [0.29, 0.717) is 0 Å². The SMILES string of the molecule is CC[S+](CC)P(O)(=S)Cl. The third-order valence-corrected chi connectivity index (χ3v) is 10.1. The first-order valence-electron chi connectivity index (χ1n) is 2.73. The molecular weight excluding hydrogens is 195 g/mol. The Morgan fingerprint density at radius 1 is 1.56 bits per heavy atom. The van der Waals surface area contributed by atoms with E-state index in [1.807, 2.05) is 13.8 Å². The summed E-state index contributed by atoms with van der Waals surface area (Å²) in [6.07, 6.45) is 0. The van der Waals surface area contributed by atoms with Crippen molar-refractivity contribution in [3.05, 3.63) is 0 Å². The molecule has 1 atom stereocenters. The Kier molecular flexibility index (Phi) is 4.78. The van der Waals surface area contributed by atoms with Crippen molar-refractivity contribution in [3.8, 4) is 0 Å². The molecule has 0 aromatic carbocycles. The second kappa shape index (κ2) is 4.20. The van der Waals surface area contributed by atoms with Crippen LogP contribution in [0.3, 0.4) is 0 Å². The fourth-order valence-electron chi connectivity index (χ4n) is 0.523. The predicted molar refractivity (Wildman–Crippen MR) is 50.8 cm³/mol. The molecule has 1 nitrogen and oxygen atoms in total. The molecule has 0 aliphatic rings. The third-order valence-electron chi connectivity index (χ3n) is 0.985. The molecule has 1 N–H and O–H groups in total. The summed E-state index contributed by atoms with van der Waals surface area (Å²) < 4.78 is 0. The van der Waals surface area contributed by atoms with Crippen molar-refractivity contribution in [3.63, 3.8) is 0 Å². The van der Waals surface area contributed by atoms with E-state index in [0.717, 1.165) is 11.5 Å². The average Bonchev–Trinajstić information content (AvgIpc) is 1.65. The Hall–Kier alpha value is 1.25. The fraction of sp³-hybridized carbons (Fsp3) is 1.00. The minimum absolute atomic E-state index is 0.109. The van der Waals surface area contributed by atoms with E-state index in [1.54, 1.807) is 0 Å². The minimum Gasteiger partial charge on any atom is -0.316 e. The van der Waals surface area contributed by atoms with Gasteiger partial charge in [0.1, 0.15) is 11.5 Å². The molecule has 1 unspecified atom stereocenters. The molecule has 0 fully saturated rings. The Morgan fingerprint density at radius 2 is 1.89 bits per heavy atom. The molecular formula is C4H11ClOPS2+. The van der Waals surface area contributed by atoms with Crippen LogP contribution in [0.2, 0.25) is 0 Å². The van der Waals surface area contributed by atoms with Gasteiger partial charge >= 0.3 is 4.82 Å². The lowest BCUT2D eigenvalue weighted by atomic mass is 11.0. The Labute approximate surface area is 68.8 Å². The van der Waals surface area contributed by atoms with Crippen molar-refractivity contribution in [1.82, 2.24) is 0 Å². The largest absolute Gasteiger partial charge is 0.350 e. The lowest BCUT2D eigenvalue weighted by Gasteiger charge is -2.05. The van der Waals surface area contributed by atoms with E-state index in [-0.39, 0.29) is 10.5 Å². The monoisotopic (exact) mass is 205 g/mol. The molecule has 5 heteroatoms. The van der Waals surface area contributed by atoms with Crippen molar-refractivity contribution in [2.24, 2.45) is 0 Å². The van der Waals surface area contributed by atoms with E-state index in [4.69, 9.17) is 23.0 Å². The van der Waals surface area contributed by atoms with Crippen LogP contribution in [-0.4, -0.2) is 16.4 Å². The van der Waals surface area contributed by atoms with Gasteiger partial charge in [0, 0.05) is 11.8 Å². The first kappa shape index (κ1) is 10.2. The highest BCUT2D eigenvalue weighted by Crippen LogP contribution is 2.55. The molecule has 56 valence electrons. The maximum Gasteiger partial charge on any atom is 0.350 e. The van der Waals surface area contributed by atoms with Crippen molar-refractivity contribution < 1.29 is 4.89 Å². The zero-order valence-corrected chi connectivity index (χ0v) is 8.79. The molecule has 0 aromatic rings. The van der Waals surface area contributed by atoms with Crippen LogP contribution in [0.5, 0.6) is 0 Å². The van der Waals surface area contributed by atoms with E-state index in [2.05, 4.69) is 0 Å². The van der Waals surface area contributed by atoms with Gasteiger partial charge in [-0.3, -0.25) is 0 Å². The van der Waals surface area contributed by atoms with Gasteiger partial charge in [-0.2, -0.15) is 0 Å². The van der Waals surface area contributed by atoms with E-state index >= 15 is 0 Å². The zero-order valence-electron chi connectivity index (χ0n) is 5.50. The zero-order chi connectivity index (χ0) is 7.49. The molecule has 0 amide bonds. The van der Waals surface area contributed by atoms with Gasteiger partial charge in [0.15, 0.2) is 0 Å². The van der Waals surface area contributed by atoms with Gasteiger partial charge in [-0.1, -0.05) is 0 Å². The van der Waals surface area contributed by atoms with Gasteiger partial charge in [-0.15, -0.1) is 0 Å². The van der Waals surface area contributed by atoms with Crippen LogP contribution in [-0.2, 0) is 22.3 Å². The highest BCUT2D eigenvalue weighted by Gasteiger charge is 2.30. The molecule has 0 saturated heterocycles. The van der Waals surface area contributed by atoms with Gasteiger partial charge in [-0.05, 0) is 25.1 Å². The molecule has 0 heterocycles. The first-order chi connectivity index (χ1) is 4.02. The standard InChI is InChI=1S/C4H10ClOPS2/c1-3-9(4-2)7(5,6)8/h3-4H2,1-2H3/p+1. The molecule has 0 saturated carbocycles. The summed E-state index contributed by atoms with van der Waals surface area (Å²) in [4.78, 5) is 6.74. The van der Waals surface area contributed by atoms with Gasteiger partial charge in [0.05, 0.1) is 10.5 Å². The van der Waals surface area contributed by atoms with Crippen LogP contribution >= 0.6 is 16.1 Å². The van der Waals surface area contributed by atoms with E-state index in [9.17, 15) is 4.89 Å². The van der Waals surface area contributed by atoms with Crippen LogP contribution in [0.1, 0.15) is 13.8 Å². The van der Waals surface area contributed by atoms with Crippen LogP contribution < -0.4 is 0 Å². The van der Waals surface area contributed by atoms with Crippen molar-refractivity contribution in [2.75, 3.05) is 11.5 Å². The summed E-state index contributed by atoms with van der Waals surface area (Å²) in [5.74, 6) is 1.82. The highest BCUT2D eigenvalue weighted by molar-refractivity contribution is 8.74. The van der Waals surface area contributed by atoms with E-state index in [1.165, 1.54) is 0 Å².